The van der Waals surface area contributed by atoms with Gasteiger partial charge in [0.25, 0.3) is 0 Å². The van der Waals surface area contributed by atoms with E-state index >= 15 is 0 Å². The quantitative estimate of drug-likeness (QED) is 0.740. The first-order chi connectivity index (χ1) is 9.25. The topological polar surface area (TPSA) is 30.2 Å². The van der Waals surface area contributed by atoms with Gasteiger partial charge in [-0.3, -0.25) is 9.38 Å². The third-order valence-electron chi connectivity index (χ3n) is 3.05. The van der Waals surface area contributed by atoms with Crippen LogP contribution < -0.4 is 0 Å². The second-order valence-corrected chi connectivity index (χ2v) is 4.99. The number of aryl methyl sites for hydroxylation is 2. The molecule has 0 unspecified atom stereocenters. The normalized spacial score (nSPS) is 11.1. The van der Waals surface area contributed by atoms with Gasteiger partial charge < -0.3 is 0 Å². The van der Waals surface area contributed by atoms with Gasteiger partial charge in [-0.15, -0.1) is 0 Å². The molecule has 1 aromatic carbocycles. The second kappa shape index (κ2) is 5.09. The van der Waals surface area contributed by atoms with Crippen LogP contribution in [0.3, 0.4) is 0 Å². The van der Waals surface area contributed by atoms with Crippen LogP contribution in [0, 0.1) is 5.82 Å². The third-order valence-corrected chi connectivity index (χ3v) is 3.63. The van der Waals surface area contributed by atoms with Crippen LogP contribution in [0.5, 0.6) is 0 Å². The number of imidazole rings is 1. The molecule has 0 amide bonds. The van der Waals surface area contributed by atoms with Gasteiger partial charge in [-0.2, -0.15) is 0 Å². The Labute approximate surface area is 118 Å². The van der Waals surface area contributed by atoms with Gasteiger partial charge in [-0.05, 0) is 34.0 Å². The Bertz CT molecular complexity index is 724. The SMILES string of the molecule is Fc1ccccc1CCc1nc(Br)c2cnccn12. The molecule has 0 saturated heterocycles. The summed E-state index contributed by atoms with van der Waals surface area (Å²) in [5.41, 5.74) is 1.63. The average Bonchev–Trinajstić information content (AvgIpc) is 2.75. The zero-order valence-corrected chi connectivity index (χ0v) is 11.6. The number of fused-ring (bicyclic) bond motifs is 1. The van der Waals surface area contributed by atoms with Crippen LogP contribution in [-0.4, -0.2) is 14.4 Å². The van der Waals surface area contributed by atoms with Crippen molar-refractivity contribution >= 4 is 21.4 Å². The van der Waals surface area contributed by atoms with Crippen molar-refractivity contribution in [1.82, 2.24) is 14.4 Å². The number of benzene rings is 1. The monoisotopic (exact) mass is 319 g/mol. The molecule has 3 aromatic rings. The first-order valence-electron chi connectivity index (χ1n) is 5.95. The molecule has 0 atom stereocenters. The number of hydrogen-bond donors (Lipinski definition) is 0. The molecule has 0 N–H and O–H groups in total. The average molecular weight is 320 g/mol. The molecule has 0 spiro atoms. The Morgan fingerprint density at radius 2 is 2.05 bits per heavy atom. The van der Waals surface area contributed by atoms with E-state index in [-0.39, 0.29) is 5.82 Å². The van der Waals surface area contributed by atoms with E-state index in [0.717, 1.165) is 15.9 Å². The Kier molecular flexibility index (Phi) is 3.29. The number of halogens is 2. The molecule has 3 nitrogen and oxygen atoms in total. The third kappa shape index (κ3) is 2.38. The molecule has 2 heterocycles. The second-order valence-electron chi connectivity index (χ2n) is 4.24. The zero-order chi connectivity index (χ0) is 13.2. The van der Waals surface area contributed by atoms with Crippen LogP contribution >= 0.6 is 15.9 Å². The van der Waals surface area contributed by atoms with Gasteiger partial charge in [0, 0.05) is 18.8 Å². The molecular weight excluding hydrogens is 309 g/mol. The first kappa shape index (κ1) is 12.3. The van der Waals surface area contributed by atoms with E-state index in [1.807, 2.05) is 22.7 Å². The summed E-state index contributed by atoms with van der Waals surface area (Å²) in [5.74, 6) is 0.733. The van der Waals surface area contributed by atoms with Crippen molar-refractivity contribution in [2.24, 2.45) is 0 Å². The maximum Gasteiger partial charge on any atom is 0.133 e. The molecule has 96 valence electrons. The zero-order valence-electron chi connectivity index (χ0n) is 10.1. The van der Waals surface area contributed by atoms with Gasteiger partial charge in [0.05, 0.1) is 11.7 Å². The van der Waals surface area contributed by atoms with E-state index in [0.29, 0.717) is 18.4 Å². The predicted octanol–water partition coefficient (Wildman–Crippen LogP) is 3.42. The lowest BCUT2D eigenvalue weighted by atomic mass is 10.1. The molecule has 0 bridgehead atoms. The van der Waals surface area contributed by atoms with Crippen molar-refractivity contribution in [3.8, 4) is 0 Å². The van der Waals surface area contributed by atoms with Crippen molar-refractivity contribution in [1.29, 1.82) is 0 Å². The lowest BCUT2D eigenvalue weighted by Crippen LogP contribution is -1.99. The first-order valence-corrected chi connectivity index (χ1v) is 6.75. The molecule has 0 radical (unpaired) electrons. The molecule has 19 heavy (non-hydrogen) atoms. The number of rotatable bonds is 3. The molecule has 2 aromatic heterocycles. The Morgan fingerprint density at radius 3 is 2.89 bits per heavy atom. The van der Waals surface area contributed by atoms with Gasteiger partial charge in [-0.1, -0.05) is 18.2 Å². The highest BCUT2D eigenvalue weighted by Gasteiger charge is 2.09. The van der Waals surface area contributed by atoms with E-state index in [9.17, 15) is 4.39 Å². The van der Waals surface area contributed by atoms with Crippen molar-refractivity contribution in [3.63, 3.8) is 0 Å². The number of nitrogens with zero attached hydrogens (tertiary/aromatic N) is 3. The summed E-state index contributed by atoms with van der Waals surface area (Å²) in [4.78, 5) is 8.52. The molecular formula is C14H11BrFN3. The lowest BCUT2D eigenvalue weighted by Gasteiger charge is -2.02. The van der Waals surface area contributed by atoms with Gasteiger partial charge in [0.15, 0.2) is 0 Å². The maximum absolute atomic E-state index is 13.6. The van der Waals surface area contributed by atoms with Gasteiger partial charge in [-0.25, -0.2) is 9.37 Å². The molecule has 5 heteroatoms. The Balaban J connectivity index is 1.88. The van der Waals surface area contributed by atoms with Gasteiger partial charge in [0.2, 0.25) is 0 Å². The highest BCUT2D eigenvalue weighted by molar-refractivity contribution is 9.10. The summed E-state index contributed by atoms with van der Waals surface area (Å²) < 4.78 is 16.3. The summed E-state index contributed by atoms with van der Waals surface area (Å²) in [6, 6.07) is 6.84. The summed E-state index contributed by atoms with van der Waals surface area (Å²) in [6.07, 6.45) is 6.64. The smallest absolute Gasteiger partial charge is 0.133 e. The summed E-state index contributed by atoms with van der Waals surface area (Å²) in [7, 11) is 0. The molecule has 0 aliphatic rings. The fourth-order valence-electron chi connectivity index (χ4n) is 2.09. The molecule has 0 aliphatic carbocycles. The minimum absolute atomic E-state index is 0.163. The summed E-state index contributed by atoms with van der Waals surface area (Å²) in [5, 5.41) is 0. The molecule has 0 fully saturated rings. The summed E-state index contributed by atoms with van der Waals surface area (Å²) >= 11 is 3.41. The van der Waals surface area contributed by atoms with Crippen molar-refractivity contribution in [2.45, 2.75) is 12.8 Å². The lowest BCUT2D eigenvalue weighted by molar-refractivity contribution is 0.607. The van der Waals surface area contributed by atoms with E-state index < -0.39 is 0 Å². The van der Waals surface area contributed by atoms with Crippen molar-refractivity contribution in [3.05, 3.63) is 64.7 Å². The fraction of sp³-hybridized carbons (Fsp3) is 0.143. The highest BCUT2D eigenvalue weighted by Crippen LogP contribution is 2.19. The van der Waals surface area contributed by atoms with Crippen LogP contribution in [0.15, 0.2) is 47.5 Å². The van der Waals surface area contributed by atoms with Crippen molar-refractivity contribution < 1.29 is 4.39 Å². The molecule has 0 saturated carbocycles. The van der Waals surface area contributed by atoms with Gasteiger partial charge >= 0.3 is 0 Å². The minimum atomic E-state index is -0.163. The highest BCUT2D eigenvalue weighted by atomic mass is 79.9. The summed E-state index contributed by atoms with van der Waals surface area (Å²) in [6.45, 7) is 0. The number of aromatic nitrogens is 3. The van der Waals surface area contributed by atoms with E-state index in [4.69, 9.17) is 0 Å². The number of hydrogen-bond acceptors (Lipinski definition) is 2. The van der Waals surface area contributed by atoms with Crippen LogP contribution in [0.25, 0.3) is 5.52 Å². The van der Waals surface area contributed by atoms with E-state index in [2.05, 4.69) is 25.9 Å². The predicted molar refractivity (Wildman–Crippen MR) is 74.5 cm³/mol. The Hall–Kier alpha value is -1.75. The van der Waals surface area contributed by atoms with Crippen LogP contribution in [0.4, 0.5) is 4.39 Å². The molecule has 0 aliphatic heterocycles. The van der Waals surface area contributed by atoms with Crippen molar-refractivity contribution in [2.75, 3.05) is 0 Å². The van der Waals surface area contributed by atoms with Crippen LogP contribution in [-0.2, 0) is 12.8 Å². The van der Waals surface area contributed by atoms with Crippen LogP contribution in [0.2, 0.25) is 0 Å². The van der Waals surface area contributed by atoms with E-state index in [1.165, 1.54) is 6.07 Å². The maximum atomic E-state index is 13.6. The van der Waals surface area contributed by atoms with E-state index in [1.54, 1.807) is 18.5 Å². The van der Waals surface area contributed by atoms with Crippen LogP contribution in [0.1, 0.15) is 11.4 Å². The Morgan fingerprint density at radius 1 is 1.21 bits per heavy atom. The minimum Gasteiger partial charge on any atom is -0.300 e. The largest absolute Gasteiger partial charge is 0.300 e. The fourth-order valence-corrected chi connectivity index (χ4v) is 2.59. The molecule has 3 rings (SSSR count). The van der Waals surface area contributed by atoms with Gasteiger partial charge in [0.1, 0.15) is 16.2 Å². The standard InChI is InChI=1S/C14H11BrFN3/c15-14-12-9-17-7-8-19(12)13(18-14)6-5-10-3-1-2-4-11(10)16/h1-4,7-9H,5-6H2.